The van der Waals surface area contributed by atoms with Crippen molar-refractivity contribution in [1.82, 2.24) is 4.98 Å². The molecular formula is C22H26N3OS+. The number of piperazine rings is 1. The Balaban J connectivity index is 1.33. The molecule has 0 bridgehead atoms. The van der Waals surface area contributed by atoms with E-state index < -0.39 is 0 Å². The highest BCUT2D eigenvalue weighted by Crippen LogP contribution is 2.24. The SMILES string of the molecule is COc1ccc(N2CC[NH+](Cc3csc(-c4ccc(C)cc4)n3)CC2)cc1. The van der Waals surface area contributed by atoms with Crippen molar-refractivity contribution in [2.75, 3.05) is 38.2 Å². The van der Waals surface area contributed by atoms with Gasteiger partial charge in [-0.25, -0.2) is 4.98 Å². The van der Waals surface area contributed by atoms with Crippen LogP contribution in [0, 0.1) is 6.92 Å². The van der Waals surface area contributed by atoms with E-state index in [2.05, 4.69) is 53.6 Å². The summed E-state index contributed by atoms with van der Waals surface area (Å²) in [5.41, 5.74) is 5.00. The fraction of sp³-hybridized carbons (Fsp3) is 0.318. The number of methoxy groups -OCH3 is 1. The topological polar surface area (TPSA) is 29.8 Å². The molecule has 2 heterocycles. The number of hydrogen-bond acceptors (Lipinski definition) is 4. The molecule has 0 amide bonds. The molecule has 140 valence electrons. The minimum absolute atomic E-state index is 0.913. The van der Waals surface area contributed by atoms with E-state index in [0.717, 1.165) is 43.5 Å². The van der Waals surface area contributed by atoms with Crippen LogP contribution in [0.5, 0.6) is 5.75 Å². The first kappa shape index (κ1) is 18.0. The van der Waals surface area contributed by atoms with Gasteiger partial charge in [0.2, 0.25) is 0 Å². The van der Waals surface area contributed by atoms with Gasteiger partial charge in [0, 0.05) is 16.6 Å². The fourth-order valence-electron chi connectivity index (χ4n) is 3.52. The molecule has 0 spiro atoms. The second kappa shape index (κ2) is 8.11. The maximum absolute atomic E-state index is 5.25. The fourth-order valence-corrected chi connectivity index (χ4v) is 4.35. The number of benzene rings is 2. The largest absolute Gasteiger partial charge is 0.497 e. The number of aromatic nitrogens is 1. The third-order valence-corrected chi connectivity index (χ3v) is 6.13. The Hall–Kier alpha value is -2.37. The lowest BCUT2D eigenvalue weighted by Gasteiger charge is -2.33. The first-order chi connectivity index (χ1) is 13.2. The number of hydrogen-bond donors (Lipinski definition) is 1. The van der Waals surface area contributed by atoms with Crippen molar-refractivity contribution in [2.45, 2.75) is 13.5 Å². The van der Waals surface area contributed by atoms with E-state index in [1.54, 1.807) is 23.3 Å². The van der Waals surface area contributed by atoms with Crippen LogP contribution in [0.15, 0.2) is 53.9 Å². The van der Waals surface area contributed by atoms with Crippen LogP contribution in [-0.4, -0.2) is 38.3 Å². The van der Waals surface area contributed by atoms with Crippen LogP contribution >= 0.6 is 11.3 Å². The Bertz CT molecular complexity index is 865. The smallest absolute Gasteiger partial charge is 0.123 e. The van der Waals surface area contributed by atoms with Crippen molar-refractivity contribution >= 4 is 17.0 Å². The van der Waals surface area contributed by atoms with Crippen LogP contribution in [0.3, 0.4) is 0 Å². The van der Waals surface area contributed by atoms with Crippen molar-refractivity contribution in [2.24, 2.45) is 0 Å². The van der Waals surface area contributed by atoms with Gasteiger partial charge in [-0.3, -0.25) is 0 Å². The molecule has 0 aliphatic carbocycles. The second-order valence-electron chi connectivity index (χ2n) is 7.12. The summed E-state index contributed by atoms with van der Waals surface area (Å²) in [6.45, 7) is 7.57. The highest BCUT2D eigenvalue weighted by atomic mass is 32.1. The van der Waals surface area contributed by atoms with E-state index in [1.807, 2.05) is 12.1 Å². The molecule has 1 aliphatic heterocycles. The molecule has 0 saturated carbocycles. The number of nitrogens with one attached hydrogen (secondary N) is 1. The number of quaternary nitrogens is 1. The Labute approximate surface area is 165 Å². The van der Waals surface area contributed by atoms with Gasteiger partial charge in [0.15, 0.2) is 0 Å². The molecule has 1 fully saturated rings. The summed E-state index contributed by atoms with van der Waals surface area (Å²) >= 11 is 1.75. The number of aryl methyl sites for hydroxylation is 1. The Kier molecular flexibility index (Phi) is 5.41. The summed E-state index contributed by atoms with van der Waals surface area (Å²) in [6.07, 6.45) is 0. The van der Waals surface area contributed by atoms with Gasteiger partial charge < -0.3 is 14.5 Å². The van der Waals surface area contributed by atoms with Gasteiger partial charge in [-0.2, -0.15) is 0 Å². The minimum Gasteiger partial charge on any atom is -0.497 e. The lowest BCUT2D eigenvalue weighted by molar-refractivity contribution is -0.914. The number of thiazole rings is 1. The zero-order chi connectivity index (χ0) is 18.6. The summed E-state index contributed by atoms with van der Waals surface area (Å²) in [6, 6.07) is 17.0. The molecule has 4 rings (SSSR count). The summed E-state index contributed by atoms with van der Waals surface area (Å²) in [5.74, 6) is 0.913. The maximum atomic E-state index is 5.25. The standard InChI is InChI=1S/C22H25N3OS/c1-17-3-5-18(6-4-17)22-23-19(16-27-22)15-24-11-13-25(14-12-24)20-7-9-21(26-2)10-8-20/h3-10,16H,11-15H2,1-2H3/p+1. The average molecular weight is 381 g/mol. The van der Waals surface area contributed by atoms with Gasteiger partial charge in [0.25, 0.3) is 0 Å². The molecule has 5 heteroatoms. The van der Waals surface area contributed by atoms with E-state index in [-0.39, 0.29) is 0 Å². The van der Waals surface area contributed by atoms with Crippen molar-refractivity contribution in [3.63, 3.8) is 0 Å². The highest BCUT2D eigenvalue weighted by Gasteiger charge is 2.21. The van der Waals surface area contributed by atoms with Crippen LogP contribution in [0.2, 0.25) is 0 Å². The lowest BCUT2D eigenvalue weighted by atomic mass is 10.2. The first-order valence-corrected chi connectivity index (χ1v) is 10.3. The van der Waals surface area contributed by atoms with E-state index >= 15 is 0 Å². The van der Waals surface area contributed by atoms with Crippen molar-refractivity contribution in [1.29, 1.82) is 0 Å². The highest BCUT2D eigenvalue weighted by molar-refractivity contribution is 7.13. The zero-order valence-electron chi connectivity index (χ0n) is 15.9. The quantitative estimate of drug-likeness (QED) is 0.738. The third kappa shape index (κ3) is 4.31. The van der Waals surface area contributed by atoms with Gasteiger partial charge in [-0.05, 0) is 31.2 Å². The lowest BCUT2D eigenvalue weighted by Crippen LogP contribution is -3.13. The maximum Gasteiger partial charge on any atom is 0.123 e. The van der Waals surface area contributed by atoms with Crippen molar-refractivity contribution in [3.05, 3.63) is 65.2 Å². The molecule has 4 nitrogen and oxygen atoms in total. The Morgan fingerprint density at radius 2 is 1.74 bits per heavy atom. The van der Waals surface area contributed by atoms with E-state index in [9.17, 15) is 0 Å². The van der Waals surface area contributed by atoms with Crippen LogP contribution < -0.4 is 14.5 Å². The first-order valence-electron chi connectivity index (χ1n) is 9.45. The minimum atomic E-state index is 0.913. The summed E-state index contributed by atoms with van der Waals surface area (Å²) in [5, 5.41) is 3.35. The van der Waals surface area contributed by atoms with Crippen LogP contribution in [-0.2, 0) is 6.54 Å². The Morgan fingerprint density at radius 1 is 1.04 bits per heavy atom. The molecule has 0 unspecified atom stereocenters. The predicted octanol–water partition coefficient (Wildman–Crippen LogP) is 3.03. The summed E-state index contributed by atoms with van der Waals surface area (Å²) in [4.78, 5) is 8.94. The molecule has 1 aromatic heterocycles. The molecule has 27 heavy (non-hydrogen) atoms. The van der Waals surface area contributed by atoms with Crippen molar-refractivity contribution in [3.8, 4) is 16.3 Å². The Morgan fingerprint density at radius 3 is 2.41 bits per heavy atom. The summed E-state index contributed by atoms with van der Waals surface area (Å²) in [7, 11) is 1.71. The predicted molar refractivity (Wildman–Crippen MR) is 112 cm³/mol. The van der Waals surface area contributed by atoms with Gasteiger partial charge >= 0.3 is 0 Å². The van der Waals surface area contributed by atoms with Crippen LogP contribution in [0.25, 0.3) is 10.6 Å². The number of nitrogens with zero attached hydrogens (tertiary/aromatic N) is 2. The molecule has 0 radical (unpaired) electrons. The monoisotopic (exact) mass is 380 g/mol. The molecular weight excluding hydrogens is 354 g/mol. The van der Waals surface area contributed by atoms with Crippen LogP contribution in [0.1, 0.15) is 11.3 Å². The number of anilines is 1. The van der Waals surface area contributed by atoms with E-state index in [0.29, 0.717) is 0 Å². The molecule has 3 aromatic rings. The van der Waals surface area contributed by atoms with Crippen molar-refractivity contribution < 1.29 is 9.64 Å². The molecule has 0 atom stereocenters. The third-order valence-electron chi connectivity index (χ3n) is 5.19. The van der Waals surface area contributed by atoms with E-state index in [4.69, 9.17) is 9.72 Å². The van der Waals surface area contributed by atoms with Gasteiger partial charge in [-0.15, -0.1) is 11.3 Å². The molecule has 1 N–H and O–H groups in total. The molecule has 1 saturated heterocycles. The average Bonchev–Trinajstić information content (AvgIpc) is 3.18. The molecule has 1 aliphatic rings. The van der Waals surface area contributed by atoms with Crippen LogP contribution in [0.4, 0.5) is 5.69 Å². The summed E-state index contributed by atoms with van der Waals surface area (Å²) < 4.78 is 5.25. The van der Waals surface area contributed by atoms with Gasteiger partial charge in [0.1, 0.15) is 23.0 Å². The second-order valence-corrected chi connectivity index (χ2v) is 7.98. The molecule has 2 aromatic carbocycles. The number of rotatable bonds is 5. The normalized spacial score (nSPS) is 15.1. The zero-order valence-corrected chi connectivity index (χ0v) is 16.8. The number of ether oxygens (including phenoxy) is 1. The van der Waals surface area contributed by atoms with Gasteiger partial charge in [-0.1, -0.05) is 29.8 Å². The van der Waals surface area contributed by atoms with Gasteiger partial charge in [0.05, 0.1) is 33.3 Å². The van der Waals surface area contributed by atoms with E-state index in [1.165, 1.54) is 22.5 Å².